The van der Waals surface area contributed by atoms with Crippen LogP contribution in [0, 0.1) is 0 Å². The summed E-state index contributed by atoms with van der Waals surface area (Å²) in [6.45, 7) is 0. The molecule has 2 N–H and O–H groups in total. The third kappa shape index (κ3) is 4.43. The highest BCUT2D eigenvalue weighted by Crippen LogP contribution is 2.40. The summed E-state index contributed by atoms with van der Waals surface area (Å²) in [6.07, 6.45) is 8.76. The number of benzene rings is 1. The molecule has 0 amide bonds. The van der Waals surface area contributed by atoms with E-state index in [-0.39, 0.29) is 0 Å². The van der Waals surface area contributed by atoms with Gasteiger partial charge in [-0.15, -0.1) is 0 Å². The van der Waals surface area contributed by atoms with Gasteiger partial charge in [-0.25, -0.2) is 4.98 Å². The summed E-state index contributed by atoms with van der Waals surface area (Å²) in [5.41, 5.74) is 2.04. The van der Waals surface area contributed by atoms with Crippen LogP contribution in [-0.4, -0.2) is 30.2 Å². The Morgan fingerprint density at radius 2 is 1.67 bits per heavy atom. The van der Waals surface area contributed by atoms with E-state index in [1.807, 2.05) is 18.2 Å². The van der Waals surface area contributed by atoms with Gasteiger partial charge in [-0.3, -0.25) is 0 Å². The van der Waals surface area contributed by atoms with Crippen molar-refractivity contribution < 1.29 is 9.47 Å². The first kappa shape index (κ1) is 17.9. The molecule has 6 heteroatoms. The molecule has 1 aromatic carbocycles. The average molecular weight is 368 g/mol. The first-order valence-corrected chi connectivity index (χ1v) is 9.89. The second-order valence-corrected chi connectivity index (χ2v) is 7.45. The number of aromatic nitrogens is 2. The van der Waals surface area contributed by atoms with Crippen LogP contribution in [0.2, 0.25) is 0 Å². The van der Waals surface area contributed by atoms with Gasteiger partial charge in [-0.1, -0.05) is 19.3 Å². The van der Waals surface area contributed by atoms with E-state index in [1.54, 1.807) is 14.2 Å². The SMILES string of the molecule is COc1ccc(Nc2cc(C3CC3)nc(NC3CCCCC3)n2)cc1OC. The van der Waals surface area contributed by atoms with Crippen molar-refractivity contribution in [3.05, 3.63) is 30.0 Å². The summed E-state index contributed by atoms with van der Waals surface area (Å²) >= 11 is 0. The lowest BCUT2D eigenvalue weighted by atomic mass is 9.96. The molecule has 27 heavy (non-hydrogen) atoms. The maximum atomic E-state index is 5.40. The van der Waals surface area contributed by atoms with E-state index in [0.717, 1.165) is 23.1 Å². The molecule has 1 heterocycles. The van der Waals surface area contributed by atoms with E-state index >= 15 is 0 Å². The van der Waals surface area contributed by atoms with Crippen molar-refractivity contribution in [3.63, 3.8) is 0 Å². The molecule has 0 radical (unpaired) electrons. The summed E-state index contributed by atoms with van der Waals surface area (Å²) < 4.78 is 10.7. The summed E-state index contributed by atoms with van der Waals surface area (Å²) in [5, 5.41) is 6.97. The Hall–Kier alpha value is -2.50. The highest BCUT2D eigenvalue weighted by molar-refractivity contribution is 5.62. The molecule has 2 fully saturated rings. The third-order valence-electron chi connectivity index (χ3n) is 5.34. The normalized spacial score (nSPS) is 17.4. The summed E-state index contributed by atoms with van der Waals surface area (Å²) in [5.74, 6) is 3.54. The monoisotopic (exact) mass is 368 g/mol. The van der Waals surface area contributed by atoms with Crippen LogP contribution in [0.3, 0.4) is 0 Å². The van der Waals surface area contributed by atoms with Gasteiger partial charge < -0.3 is 20.1 Å². The Morgan fingerprint density at radius 3 is 2.37 bits per heavy atom. The largest absolute Gasteiger partial charge is 0.493 e. The lowest BCUT2D eigenvalue weighted by molar-refractivity contribution is 0.355. The van der Waals surface area contributed by atoms with E-state index in [4.69, 9.17) is 19.4 Å². The summed E-state index contributed by atoms with van der Waals surface area (Å²) in [4.78, 5) is 9.51. The Labute approximate surface area is 160 Å². The zero-order valence-corrected chi connectivity index (χ0v) is 16.1. The molecule has 0 spiro atoms. The standard InChI is InChI=1S/C21H28N4O2/c1-26-18-11-10-16(12-19(18)27-2)22-20-13-17(14-8-9-14)24-21(25-20)23-15-6-4-3-5-7-15/h10-15H,3-9H2,1-2H3,(H2,22,23,24,25). The average Bonchev–Trinajstić information content (AvgIpc) is 3.54. The number of ether oxygens (including phenoxy) is 2. The minimum atomic E-state index is 0.488. The van der Waals surface area contributed by atoms with Crippen molar-refractivity contribution in [2.75, 3.05) is 24.9 Å². The van der Waals surface area contributed by atoms with E-state index in [0.29, 0.717) is 23.5 Å². The van der Waals surface area contributed by atoms with Gasteiger partial charge >= 0.3 is 0 Å². The van der Waals surface area contributed by atoms with Crippen LogP contribution in [0.5, 0.6) is 11.5 Å². The van der Waals surface area contributed by atoms with Gasteiger partial charge in [0.25, 0.3) is 0 Å². The van der Waals surface area contributed by atoms with Crippen LogP contribution in [0.25, 0.3) is 0 Å². The van der Waals surface area contributed by atoms with Crippen molar-refractivity contribution >= 4 is 17.5 Å². The fourth-order valence-corrected chi connectivity index (χ4v) is 3.67. The van der Waals surface area contributed by atoms with Crippen LogP contribution in [-0.2, 0) is 0 Å². The molecular weight excluding hydrogens is 340 g/mol. The number of hydrogen-bond acceptors (Lipinski definition) is 6. The molecule has 2 aliphatic carbocycles. The molecular formula is C21H28N4O2. The maximum absolute atomic E-state index is 5.40. The van der Waals surface area contributed by atoms with E-state index in [1.165, 1.54) is 44.9 Å². The van der Waals surface area contributed by atoms with E-state index in [9.17, 15) is 0 Å². The quantitative estimate of drug-likeness (QED) is 0.727. The molecule has 0 aliphatic heterocycles. The maximum Gasteiger partial charge on any atom is 0.225 e. The number of nitrogens with zero attached hydrogens (tertiary/aromatic N) is 2. The predicted octanol–water partition coefficient (Wildman–Crippen LogP) is 4.86. The zero-order valence-electron chi connectivity index (χ0n) is 16.1. The lowest BCUT2D eigenvalue weighted by Crippen LogP contribution is -2.23. The minimum absolute atomic E-state index is 0.488. The number of anilines is 3. The van der Waals surface area contributed by atoms with Gasteiger partial charge in [0.15, 0.2) is 11.5 Å². The van der Waals surface area contributed by atoms with Gasteiger partial charge in [0.1, 0.15) is 5.82 Å². The fraction of sp³-hybridized carbons (Fsp3) is 0.524. The highest BCUT2D eigenvalue weighted by atomic mass is 16.5. The van der Waals surface area contributed by atoms with Gasteiger partial charge in [0.2, 0.25) is 5.95 Å². The molecule has 0 unspecified atom stereocenters. The van der Waals surface area contributed by atoms with Crippen molar-refractivity contribution in [1.29, 1.82) is 0 Å². The summed E-state index contributed by atoms with van der Waals surface area (Å²) in [6, 6.07) is 8.34. The molecule has 0 atom stereocenters. The molecule has 2 saturated carbocycles. The number of nitrogens with one attached hydrogen (secondary N) is 2. The zero-order chi connectivity index (χ0) is 18.6. The second-order valence-electron chi connectivity index (χ2n) is 7.45. The number of rotatable bonds is 7. The van der Waals surface area contributed by atoms with Gasteiger partial charge in [0, 0.05) is 29.8 Å². The fourth-order valence-electron chi connectivity index (χ4n) is 3.67. The number of methoxy groups -OCH3 is 2. The van der Waals surface area contributed by atoms with Gasteiger partial charge in [-0.05, 0) is 37.8 Å². The topological polar surface area (TPSA) is 68.3 Å². The van der Waals surface area contributed by atoms with Gasteiger partial charge in [0.05, 0.1) is 19.9 Å². The molecule has 0 bridgehead atoms. The molecule has 2 aliphatic rings. The second kappa shape index (κ2) is 8.03. The molecule has 1 aromatic heterocycles. The first-order chi connectivity index (χ1) is 13.2. The Balaban J connectivity index is 1.56. The van der Waals surface area contributed by atoms with Crippen molar-refractivity contribution in [3.8, 4) is 11.5 Å². The first-order valence-electron chi connectivity index (χ1n) is 9.89. The Kier molecular flexibility index (Phi) is 5.32. The molecule has 2 aromatic rings. The predicted molar refractivity (Wildman–Crippen MR) is 107 cm³/mol. The molecule has 0 saturated heterocycles. The minimum Gasteiger partial charge on any atom is -0.493 e. The molecule has 4 rings (SSSR count). The van der Waals surface area contributed by atoms with Crippen molar-refractivity contribution in [2.24, 2.45) is 0 Å². The van der Waals surface area contributed by atoms with Crippen molar-refractivity contribution in [1.82, 2.24) is 9.97 Å². The van der Waals surface area contributed by atoms with Crippen molar-refractivity contribution in [2.45, 2.75) is 56.9 Å². The van der Waals surface area contributed by atoms with Crippen LogP contribution in [0.4, 0.5) is 17.5 Å². The van der Waals surface area contributed by atoms with E-state index in [2.05, 4.69) is 16.7 Å². The molecule has 6 nitrogen and oxygen atoms in total. The van der Waals surface area contributed by atoms with Crippen LogP contribution >= 0.6 is 0 Å². The van der Waals surface area contributed by atoms with Crippen LogP contribution in [0.15, 0.2) is 24.3 Å². The van der Waals surface area contributed by atoms with E-state index < -0.39 is 0 Å². The Bertz CT molecular complexity index is 786. The number of hydrogen-bond donors (Lipinski definition) is 2. The third-order valence-corrected chi connectivity index (χ3v) is 5.34. The molecule has 144 valence electrons. The van der Waals surface area contributed by atoms with Crippen LogP contribution in [0.1, 0.15) is 56.6 Å². The lowest BCUT2D eigenvalue weighted by Gasteiger charge is -2.23. The Morgan fingerprint density at radius 1 is 0.889 bits per heavy atom. The summed E-state index contributed by atoms with van der Waals surface area (Å²) in [7, 11) is 3.28. The van der Waals surface area contributed by atoms with Gasteiger partial charge in [-0.2, -0.15) is 4.98 Å². The smallest absolute Gasteiger partial charge is 0.225 e. The highest BCUT2D eigenvalue weighted by Gasteiger charge is 2.26. The van der Waals surface area contributed by atoms with Crippen LogP contribution < -0.4 is 20.1 Å².